The summed E-state index contributed by atoms with van der Waals surface area (Å²) in [5.74, 6) is 0.0158. The van der Waals surface area contributed by atoms with E-state index in [2.05, 4.69) is 21.9 Å². The zero-order valence-corrected chi connectivity index (χ0v) is 16.5. The van der Waals surface area contributed by atoms with Crippen molar-refractivity contribution < 1.29 is 27.0 Å². The molecule has 2 rings (SSSR count). The van der Waals surface area contributed by atoms with Crippen LogP contribution in [-0.4, -0.2) is 50.6 Å². The zero-order valence-electron chi connectivity index (χ0n) is 15.5. The van der Waals surface area contributed by atoms with Crippen molar-refractivity contribution >= 4 is 12.4 Å². The molecule has 0 bridgehead atoms. The average Bonchev–Trinajstić information content (AvgIpc) is 2.64. The van der Waals surface area contributed by atoms with Crippen LogP contribution >= 0.6 is 0 Å². The van der Waals surface area contributed by atoms with Gasteiger partial charge in [-0.05, 0) is 44.1 Å². The molecule has 0 saturated heterocycles. The van der Waals surface area contributed by atoms with E-state index >= 15 is 0 Å². The Kier molecular flexibility index (Phi) is 11.1. The van der Waals surface area contributed by atoms with Crippen LogP contribution in [0.4, 0.5) is 0 Å². The van der Waals surface area contributed by atoms with Gasteiger partial charge in [-0.25, -0.2) is 0 Å². The Morgan fingerprint density at radius 1 is 0.778 bits per heavy atom. The average molecular weight is 410 g/mol. The molecule has 2 aromatic rings. The maximum absolute atomic E-state index is 11.5. The van der Waals surface area contributed by atoms with Gasteiger partial charge in [0.25, 0.3) is 0 Å². The van der Waals surface area contributed by atoms with E-state index in [1.807, 2.05) is 12.1 Å². The molecule has 145 valence electrons. The molecule has 0 aliphatic rings. The summed E-state index contributed by atoms with van der Waals surface area (Å²) in [5.41, 5.74) is 1.27. The first kappa shape index (κ1) is 22.9. The quantitative estimate of drug-likeness (QED) is 0.445. The van der Waals surface area contributed by atoms with Gasteiger partial charge in [0.15, 0.2) is 0 Å². The molecule has 0 amide bonds. The van der Waals surface area contributed by atoms with Crippen molar-refractivity contribution in [3.8, 4) is 11.5 Å². The zero-order chi connectivity index (χ0) is 18.6. The van der Waals surface area contributed by atoms with E-state index in [4.69, 9.17) is 0 Å². The molecule has 0 N–H and O–H groups in total. The van der Waals surface area contributed by atoms with Gasteiger partial charge in [0.2, 0.25) is 0 Å². The Morgan fingerprint density at radius 3 is 1.59 bits per heavy atom. The number of benzene rings is 2. The number of hydrogen-bond donors (Lipinski definition) is 0. The largest absolute Gasteiger partial charge is 2.00 e. The molecule has 6 heteroatoms. The van der Waals surface area contributed by atoms with E-state index < -0.39 is 0 Å². The van der Waals surface area contributed by atoms with Crippen molar-refractivity contribution in [1.82, 2.24) is 4.90 Å². The summed E-state index contributed by atoms with van der Waals surface area (Å²) in [7, 11) is 2.08. The summed E-state index contributed by atoms with van der Waals surface area (Å²) >= 11 is 0. The Morgan fingerprint density at radius 2 is 1.19 bits per heavy atom. The molecule has 5 nitrogen and oxygen atoms in total. The minimum absolute atomic E-state index is 0. The Labute approximate surface area is 171 Å². The molecule has 2 aromatic carbocycles. The van der Waals surface area contributed by atoms with E-state index in [0.717, 1.165) is 25.9 Å². The molecule has 0 spiro atoms. The SMILES string of the molecule is CN(CCCN=Cc1ccccc1[O-])CCCN=Cc1ccccc1[O-].[Co+2]. The fourth-order valence-corrected chi connectivity index (χ4v) is 2.48. The van der Waals surface area contributed by atoms with Gasteiger partial charge in [-0.3, -0.25) is 9.98 Å². The van der Waals surface area contributed by atoms with Crippen LogP contribution in [0.1, 0.15) is 24.0 Å². The molecule has 0 heterocycles. The standard InChI is InChI=1S/C21H27N3O2.Co/c1-24(14-6-12-22-16-18-8-2-4-10-20(18)25)15-7-13-23-17-19-9-3-5-11-21(19)26;/h2-5,8-11,16-17,25-26H,6-7,12-15H2,1H3;/q;+2/p-2. The molecular weight excluding hydrogens is 385 g/mol. The van der Waals surface area contributed by atoms with Crippen molar-refractivity contribution in [3.05, 3.63) is 59.7 Å². The van der Waals surface area contributed by atoms with E-state index in [9.17, 15) is 10.2 Å². The smallest absolute Gasteiger partial charge is 0.872 e. The molecule has 0 aliphatic heterocycles. The molecule has 27 heavy (non-hydrogen) atoms. The van der Waals surface area contributed by atoms with E-state index in [-0.39, 0.29) is 28.3 Å². The minimum atomic E-state index is 0. The second-order valence-electron chi connectivity index (χ2n) is 6.16. The molecule has 0 unspecified atom stereocenters. The first-order valence-electron chi connectivity index (χ1n) is 8.87. The fourth-order valence-electron chi connectivity index (χ4n) is 2.48. The number of para-hydroxylation sites is 2. The first-order valence-corrected chi connectivity index (χ1v) is 8.87. The monoisotopic (exact) mass is 410 g/mol. The van der Waals surface area contributed by atoms with E-state index in [1.54, 1.807) is 48.8 Å². The molecule has 0 aliphatic carbocycles. The molecule has 0 atom stereocenters. The van der Waals surface area contributed by atoms with Gasteiger partial charge >= 0.3 is 16.8 Å². The summed E-state index contributed by atoms with van der Waals surface area (Å²) in [6.45, 7) is 3.31. The van der Waals surface area contributed by atoms with Crippen molar-refractivity contribution in [2.45, 2.75) is 12.8 Å². The normalized spacial score (nSPS) is 11.3. The Balaban J connectivity index is 0.00000364. The van der Waals surface area contributed by atoms with Crippen LogP contribution in [0.5, 0.6) is 11.5 Å². The van der Waals surface area contributed by atoms with Gasteiger partial charge in [-0.1, -0.05) is 48.5 Å². The van der Waals surface area contributed by atoms with Crippen molar-refractivity contribution in [3.63, 3.8) is 0 Å². The maximum Gasteiger partial charge on any atom is 2.00 e. The summed E-state index contributed by atoms with van der Waals surface area (Å²) < 4.78 is 0. The van der Waals surface area contributed by atoms with E-state index in [1.165, 1.54) is 0 Å². The number of nitrogens with zero attached hydrogens (tertiary/aromatic N) is 3. The fraction of sp³-hybridized carbons (Fsp3) is 0.333. The predicted octanol–water partition coefficient (Wildman–Crippen LogP) is 2.08. The van der Waals surface area contributed by atoms with Crippen LogP contribution in [0.25, 0.3) is 0 Å². The second kappa shape index (κ2) is 13.1. The van der Waals surface area contributed by atoms with Crippen LogP contribution < -0.4 is 10.2 Å². The van der Waals surface area contributed by atoms with Crippen molar-refractivity contribution in [2.75, 3.05) is 33.2 Å². The van der Waals surface area contributed by atoms with E-state index in [0.29, 0.717) is 24.2 Å². The molecular formula is C21H25CoN3O2. The van der Waals surface area contributed by atoms with Crippen LogP contribution in [0.2, 0.25) is 0 Å². The Bertz CT molecular complexity index is 673. The van der Waals surface area contributed by atoms with Gasteiger partial charge in [0, 0.05) is 25.5 Å². The summed E-state index contributed by atoms with van der Waals surface area (Å²) in [5, 5.41) is 23.1. The van der Waals surface area contributed by atoms with Gasteiger partial charge in [-0.15, -0.1) is 11.5 Å². The van der Waals surface area contributed by atoms with Gasteiger partial charge in [-0.2, -0.15) is 0 Å². The van der Waals surface area contributed by atoms with Gasteiger partial charge in [0.05, 0.1) is 0 Å². The third-order valence-electron chi connectivity index (χ3n) is 3.95. The predicted molar refractivity (Wildman–Crippen MR) is 103 cm³/mol. The molecule has 0 saturated carbocycles. The van der Waals surface area contributed by atoms with Crippen molar-refractivity contribution in [1.29, 1.82) is 0 Å². The maximum atomic E-state index is 11.5. The third kappa shape index (κ3) is 8.86. The van der Waals surface area contributed by atoms with Crippen LogP contribution in [0, 0.1) is 0 Å². The second-order valence-corrected chi connectivity index (χ2v) is 6.16. The van der Waals surface area contributed by atoms with Crippen LogP contribution in [0.3, 0.4) is 0 Å². The number of aliphatic imine (C=N–C) groups is 2. The van der Waals surface area contributed by atoms with Crippen molar-refractivity contribution in [2.24, 2.45) is 9.98 Å². The third-order valence-corrected chi connectivity index (χ3v) is 3.95. The van der Waals surface area contributed by atoms with Gasteiger partial charge < -0.3 is 15.1 Å². The summed E-state index contributed by atoms with van der Waals surface area (Å²) in [6, 6.07) is 13.8. The number of rotatable bonds is 10. The van der Waals surface area contributed by atoms with Crippen LogP contribution in [-0.2, 0) is 16.8 Å². The topological polar surface area (TPSA) is 74.1 Å². The molecule has 1 radical (unpaired) electrons. The molecule has 0 aromatic heterocycles. The van der Waals surface area contributed by atoms with Gasteiger partial charge in [0.1, 0.15) is 0 Å². The minimum Gasteiger partial charge on any atom is -0.872 e. The van der Waals surface area contributed by atoms with Crippen LogP contribution in [0.15, 0.2) is 58.5 Å². The summed E-state index contributed by atoms with van der Waals surface area (Å²) in [4.78, 5) is 10.9. The number of hydrogen-bond acceptors (Lipinski definition) is 5. The molecule has 0 fully saturated rings. The Hall–Kier alpha value is -2.15. The summed E-state index contributed by atoms with van der Waals surface area (Å²) in [6.07, 6.45) is 5.21. The first-order chi connectivity index (χ1) is 12.7.